The number of amides is 1. The molecule has 1 atom stereocenters. The lowest BCUT2D eigenvalue weighted by molar-refractivity contribution is 0.0790. The fourth-order valence-electron chi connectivity index (χ4n) is 1.16. The van der Waals surface area contributed by atoms with Crippen molar-refractivity contribution in [2.45, 2.75) is 12.3 Å². The molecule has 5 heteroatoms. The highest BCUT2D eigenvalue weighted by Crippen LogP contribution is 2.04. The minimum Gasteiger partial charge on any atom is -0.339 e. The Morgan fingerprint density at radius 2 is 2.33 bits per heavy atom. The molecule has 3 nitrogen and oxygen atoms in total. The van der Waals surface area contributed by atoms with Crippen LogP contribution in [0.4, 0.5) is 4.39 Å². The van der Waals surface area contributed by atoms with Gasteiger partial charge in [-0.2, -0.15) is 0 Å². The first-order valence-corrected chi connectivity index (χ1v) is 4.95. The standard InChI is InChI=1S/C10H12ClFN2O/c1-7(11)6-14(2)10(15)9-4-3-8(12)5-13-9/h3-5,7H,6H2,1-2H3. The second kappa shape index (κ2) is 5.07. The van der Waals surface area contributed by atoms with Crippen molar-refractivity contribution in [1.82, 2.24) is 9.88 Å². The lowest BCUT2D eigenvalue weighted by Gasteiger charge is -2.17. The zero-order chi connectivity index (χ0) is 11.4. The van der Waals surface area contributed by atoms with Gasteiger partial charge in [-0.05, 0) is 19.1 Å². The highest BCUT2D eigenvalue weighted by Gasteiger charge is 2.14. The van der Waals surface area contributed by atoms with Crippen molar-refractivity contribution in [3.63, 3.8) is 0 Å². The molecular formula is C10H12ClFN2O. The van der Waals surface area contributed by atoms with Crippen LogP contribution in [0.1, 0.15) is 17.4 Å². The van der Waals surface area contributed by atoms with E-state index in [-0.39, 0.29) is 17.0 Å². The van der Waals surface area contributed by atoms with Crippen molar-refractivity contribution in [2.75, 3.05) is 13.6 Å². The minimum atomic E-state index is -0.458. The topological polar surface area (TPSA) is 33.2 Å². The van der Waals surface area contributed by atoms with Gasteiger partial charge in [0.2, 0.25) is 0 Å². The molecule has 0 saturated carbocycles. The summed E-state index contributed by atoms with van der Waals surface area (Å²) in [4.78, 5) is 16.8. The van der Waals surface area contributed by atoms with E-state index in [1.54, 1.807) is 14.0 Å². The molecule has 0 saturated heterocycles. The van der Waals surface area contributed by atoms with Gasteiger partial charge in [-0.15, -0.1) is 11.6 Å². The van der Waals surface area contributed by atoms with Gasteiger partial charge in [0.05, 0.1) is 6.20 Å². The highest BCUT2D eigenvalue weighted by atomic mass is 35.5. The van der Waals surface area contributed by atoms with Gasteiger partial charge in [0.1, 0.15) is 11.5 Å². The second-order valence-corrected chi connectivity index (χ2v) is 4.07. The summed E-state index contributed by atoms with van der Waals surface area (Å²) >= 11 is 5.76. The van der Waals surface area contributed by atoms with E-state index in [4.69, 9.17) is 11.6 Å². The highest BCUT2D eigenvalue weighted by molar-refractivity contribution is 6.20. The van der Waals surface area contributed by atoms with Gasteiger partial charge in [0.15, 0.2) is 0 Å². The number of carbonyl (C=O) groups excluding carboxylic acids is 1. The largest absolute Gasteiger partial charge is 0.339 e. The van der Waals surface area contributed by atoms with Crippen molar-refractivity contribution >= 4 is 17.5 Å². The Kier molecular flexibility index (Phi) is 4.03. The summed E-state index contributed by atoms with van der Waals surface area (Å²) in [5.74, 6) is -0.720. The number of halogens is 2. The van der Waals surface area contributed by atoms with Crippen LogP contribution in [-0.4, -0.2) is 34.8 Å². The van der Waals surface area contributed by atoms with Crippen molar-refractivity contribution in [3.05, 3.63) is 29.8 Å². The van der Waals surface area contributed by atoms with E-state index in [0.29, 0.717) is 6.54 Å². The molecule has 1 aromatic rings. The monoisotopic (exact) mass is 230 g/mol. The zero-order valence-electron chi connectivity index (χ0n) is 8.58. The Morgan fingerprint density at radius 3 is 2.80 bits per heavy atom. The number of hydrogen-bond donors (Lipinski definition) is 0. The van der Waals surface area contributed by atoms with Crippen LogP contribution in [0, 0.1) is 5.82 Å². The molecule has 0 spiro atoms. The maximum atomic E-state index is 12.6. The summed E-state index contributed by atoms with van der Waals surface area (Å²) in [6, 6.07) is 2.56. The van der Waals surface area contributed by atoms with E-state index in [0.717, 1.165) is 6.20 Å². The molecule has 0 radical (unpaired) electrons. The second-order valence-electron chi connectivity index (χ2n) is 3.33. The van der Waals surface area contributed by atoms with Crippen molar-refractivity contribution in [1.29, 1.82) is 0 Å². The van der Waals surface area contributed by atoms with E-state index < -0.39 is 5.82 Å². The van der Waals surface area contributed by atoms with Gasteiger partial charge in [0.25, 0.3) is 5.91 Å². The normalized spacial score (nSPS) is 12.3. The van der Waals surface area contributed by atoms with E-state index in [1.807, 2.05) is 0 Å². The molecule has 0 fully saturated rings. The smallest absolute Gasteiger partial charge is 0.272 e. The number of aromatic nitrogens is 1. The lowest BCUT2D eigenvalue weighted by atomic mass is 10.3. The lowest BCUT2D eigenvalue weighted by Crippen LogP contribution is -2.31. The molecule has 1 aromatic heterocycles. The number of alkyl halides is 1. The van der Waals surface area contributed by atoms with Gasteiger partial charge in [-0.25, -0.2) is 9.37 Å². The fraction of sp³-hybridized carbons (Fsp3) is 0.400. The Bertz CT molecular complexity index is 340. The van der Waals surface area contributed by atoms with Gasteiger partial charge in [-0.1, -0.05) is 0 Å². The molecule has 0 aliphatic rings. The first kappa shape index (κ1) is 11.9. The van der Waals surface area contributed by atoms with E-state index in [2.05, 4.69) is 4.98 Å². The zero-order valence-corrected chi connectivity index (χ0v) is 9.33. The molecule has 15 heavy (non-hydrogen) atoms. The summed E-state index contributed by atoms with van der Waals surface area (Å²) in [6.07, 6.45) is 1.02. The van der Waals surface area contributed by atoms with Crippen LogP contribution >= 0.6 is 11.6 Å². The summed E-state index contributed by atoms with van der Waals surface area (Å²) in [6.45, 7) is 2.23. The van der Waals surface area contributed by atoms with Crippen LogP contribution in [-0.2, 0) is 0 Å². The molecule has 82 valence electrons. The van der Waals surface area contributed by atoms with Crippen molar-refractivity contribution in [3.8, 4) is 0 Å². The summed E-state index contributed by atoms with van der Waals surface area (Å²) in [5, 5.41) is -0.126. The maximum absolute atomic E-state index is 12.6. The van der Waals surface area contributed by atoms with Crippen LogP contribution in [0.5, 0.6) is 0 Å². The number of carbonyl (C=O) groups is 1. The third kappa shape index (κ3) is 3.47. The van der Waals surface area contributed by atoms with Crippen LogP contribution in [0.2, 0.25) is 0 Å². The fourth-order valence-corrected chi connectivity index (χ4v) is 1.37. The van der Waals surface area contributed by atoms with Crippen LogP contribution in [0.3, 0.4) is 0 Å². The summed E-state index contributed by atoms with van der Waals surface area (Å²) in [7, 11) is 1.63. The quantitative estimate of drug-likeness (QED) is 0.744. The third-order valence-corrected chi connectivity index (χ3v) is 1.96. The van der Waals surface area contributed by atoms with Gasteiger partial charge >= 0.3 is 0 Å². The Hall–Kier alpha value is -1.16. The molecule has 1 unspecified atom stereocenters. The number of hydrogen-bond acceptors (Lipinski definition) is 2. The number of rotatable bonds is 3. The Morgan fingerprint density at radius 1 is 1.67 bits per heavy atom. The molecule has 0 aliphatic carbocycles. The van der Waals surface area contributed by atoms with E-state index in [9.17, 15) is 9.18 Å². The predicted octanol–water partition coefficient (Wildman–Crippen LogP) is 1.92. The third-order valence-electron chi connectivity index (χ3n) is 1.82. The summed E-state index contributed by atoms with van der Waals surface area (Å²) < 4.78 is 12.6. The molecule has 0 aliphatic heterocycles. The van der Waals surface area contributed by atoms with E-state index in [1.165, 1.54) is 17.0 Å². The summed E-state index contributed by atoms with van der Waals surface area (Å²) in [5.41, 5.74) is 0.219. The number of pyridine rings is 1. The van der Waals surface area contributed by atoms with Crippen molar-refractivity contribution < 1.29 is 9.18 Å². The average Bonchev–Trinajstić information content (AvgIpc) is 2.17. The first-order chi connectivity index (χ1) is 7.00. The van der Waals surface area contributed by atoms with Crippen LogP contribution in [0.25, 0.3) is 0 Å². The molecular weight excluding hydrogens is 219 g/mol. The molecule has 1 rings (SSSR count). The SMILES string of the molecule is CC(Cl)CN(C)C(=O)c1ccc(F)cn1. The Balaban J connectivity index is 2.72. The molecule has 1 amide bonds. The van der Waals surface area contributed by atoms with Gasteiger partial charge in [-0.3, -0.25) is 4.79 Å². The van der Waals surface area contributed by atoms with Crippen LogP contribution < -0.4 is 0 Å². The van der Waals surface area contributed by atoms with Gasteiger partial charge in [0, 0.05) is 19.0 Å². The average molecular weight is 231 g/mol. The van der Waals surface area contributed by atoms with Crippen LogP contribution in [0.15, 0.2) is 18.3 Å². The van der Waals surface area contributed by atoms with Gasteiger partial charge < -0.3 is 4.90 Å². The van der Waals surface area contributed by atoms with Crippen molar-refractivity contribution in [2.24, 2.45) is 0 Å². The minimum absolute atomic E-state index is 0.126. The number of nitrogens with zero attached hydrogens (tertiary/aromatic N) is 2. The molecule has 0 bridgehead atoms. The predicted molar refractivity (Wildman–Crippen MR) is 56.5 cm³/mol. The molecule has 1 heterocycles. The Labute approximate surface area is 92.9 Å². The molecule has 0 aromatic carbocycles. The molecule has 0 N–H and O–H groups in total. The maximum Gasteiger partial charge on any atom is 0.272 e. The van der Waals surface area contributed by atoms with E-state index >= 15 is 0 Å². The first-order valence-electron chi connectivity index (χ1n) is 4.52.